The third-order valence-corrected chi connectivity index (χ3v) is 3.75. The molecule has 0 aromatic rings. The summed E-state index contributed by atoms with van der Waals surface area (Å²) in [6, 6.07) is -0.295. The van der Waals surface area contributed by atoms with E-state index in [9.17, 15) is 21.6 Å². The highest BCUT2D eigenvalue weighted by molar-refractivity contribution is 7.89. The van der Waals surface area contributed by atoms with Gasteiger partial charge in [0.15, 0.2) is 0 Å². The largest absolute Gasteiger partial charge is 0.389 e. The van der Waals surface area contributed by atoms with Crippen molar-refractivity contribution in [1.29, 1.82) is 0 Å². The lowest BCUT2D eigenvalue weighted by atomic mass is 10.2. The van der Waals surface area contributed by atoms with Gasteiger partial charge in [-0.2, -0.15) is 13.2 Å². The first-order valence-corrected chi connectivity index (χ1v) is 7.12. The molecule has 0 saturated heterocycles. The Balaban J connectivity index is 4.11. The van der Waals surface area contributed by atoms with Crippen LogP contribution in [-0.4, -0.2) is 32.9 Å². The van der Waals surface area contributed by atoms with Crippen molar-refractivity contribution in [3.05, 3.63) is 0 Å². The fourth-order valence-corrected chi connectivity index (χ4v) is 2.76. The highest BCUT2D eigenvalue weighted by atomic mass is 32.2. The normalized spacial score (nSPS) is 14.9. The third-order valence-electron chi connectivity index (χ3n) is 2.23. The maximum atomic E-state index is 11.8. The molecule has 0 fully saturated rings. The summed E-state index contributed by atoms with van der Waals surface area (Å²) in [5, 5.41) is 0. The first-order valence-electron chi connectivity index (χ1n) is 5.47. The number of alkyl halides is 3. The molecule has 0 spiro atoms. The molecule has 0 bridgehead atoms. The zero-order valence-corrected chi connectivity index (χ0v) is 10.6. The molecule has 1 atom stereocenters. The van der Waals surface area contributed by atoms with Gasteiger partial charge in [0.1, 0.15) is 0 Å². The summed E-state index contributed by atoms with van der Waals surface area (Å²) in [5.74, 6) is -0.506. The van der Waals surface area contributed by atoms with Crippen molar-refractivity contribution in [1.82, 2.24) is 4.72 Å². The second-order valence-electron chi connectivity index (χ2n) is 3.84. The maximum Gasteiger partial charge on any atom is 0.389 e. The van der Waals surface area contributed by atoms with Crippen LogP contribution < -0.4 is 10.5 Å². The Morgan fingerprint density at radius 2 is 1.94 bits per heavy atom. The van der Waals surface area contributed by atoms with Crippen LogP contribution in [0.5, 0.6) is 0 Å². The lowest BCUT2D eigenvalue weighted by molar-refractivity contribution is -0.134. The average Bonchev–Trinajstić information content (AvgIpc) is 2.14. The van der Waals surface area contributed by atoms with E-state index in [2.05, 4.69) is 4.72 Å². The molecule has 0 aliphatic rings. The molecule has 0 radical (unpaired) electrons. The summed E-state index contributed by atoms with van der Waals surface area (Å²) in [6.07, 6.45) is -4.76. The van der Waals surface area contributed by atoms with E-state index in [0.717, 1.165) is 0 Å². The molecule has 0 heterocycles. The number of rotatable bonds is 8. The van der Waals surface area contributed by atoms with Gasteiger partial charge in [0.2, 0.25) is 10.0 Å². The maximum absolute atomic E-state index is 11.8. The standard InChI is InChI=1S/C9H19F3N2O2S/c1-2-8(4-6-13)14-17(15,16)7-3-5-9(10,11)12/h8,14H,2-7,13H2,1H3. The molecule has 104 valence electrons. The van der Waals surface area contributed by atoms with Crippen LogP contribution in [0.1, 0.15) is 32.6 Å². The van der Waals surface area contributed by atoms with Gasteiger partial charge < -0.3 is 5.73 Å². The number of halogens is 3. The van der Waals surface area contributed by atoms with Crippen LogP contribution in [0, 0.1) is 0 Å². The monoisotopic (exact) mass is 276 g/mol. The highest BCUT2D eigenvalue weighted by Gasteiger charge is 2.27. The fraction of sp³-hybridized carbons (Fsp3) is 1.00. The molecule has 4 nitrogen and oxygen atoms in total. The van der Waals surface area contributed by atoms with Gasteiger partial charge >= 0.3 is 6.18 Å². The smallest absolute Gasteiger partial charge is 0.330 e. The summed E-state index contributed by atoms with van der Waals surface area (Å²) < 4.78 is 60.8. The van der Waals surface area contributed by atoms with Gasteiger partial charge in [0.25, 0.3) is 0 Å². The summed E-state index contributed by atoms with van der Waals surface area (Å²) in [4.78, 5) is 0. The zero-order valence-electron chi connectivity index (χ0n) is 9.76. The first-order chi connectivity index (χ1) is 7.70. The fourth-order valence-electron chi connectivity index (χ4n) is 1.32. The van der Waals surface area contributed by atoms with Gasteiger partial charge in [-0.3, -0.25) is 0 Å². The minimum Gasteiger partial charge on any atom is -0.330 e. The second-order valence-corrected chi connectivity index (χ2v) is 5.71. The molecule has 0 aliphatic carbocycles. The molecular weight excluding hydrogens is 257 g/mol. The lowest BCUT2D eigenvalue weighted by Crippen LogP contribution is -2.37. The summed E-state index contributed by atoms with van der Waals surface area (Å²) >= 11 is 0. The Hall–Kier alpha value is -0.340. The molecule has 3 N–H and O–H groups in total. The van der Waals surface area contributed by atoms with E-state index in [1.54, 1.807) is 6.92 Å². The number of hydrogen-bond acceptors (Lipinski definition) is 3. The van der Waals surface area contributed by atoms with E-state index in [1.165, 1.54) is 0 Å². The van der Waals surface area contributed by atoms with Gasteiger partial charge in [-0.15, -0.1) is 0 Å². The number of nitrogens with one attached hydrogen (secondary N) is 1. The van der Waals surface area contributed by atoms with Crippen LogP contribution in [0.2, 0.25) is 0 Å². The molecule has 17 heavy (non-hydrogen) atoms. The SMILES string of the molecule is CCC(CCN)NS(=O)(=O)CCCC(F)(F)F. The summed E-state index contributed by atoms with van der Waals surface area (Å²) in [7, 11) is -3.64. The number of nitrogens with two attached hydrogens (primary N) is 1. The van der Waals surface area contributed by atoms with E-state index in [0.29, 0.717) is 19.4 Å². The molecule has 0 aromatic heterocycles. The summed E-state index contributed by atoms with van der Waals surface area (Å²) in [6.45, 7) is 2.13. The molecule has 8 heteroatoms. The Bertz CT molecular complexity index is 304. The van der Waals surface area contributed by atoms with Crippen LogP contribution in [-0.2, 0) is 10.0 Å². The Morgan fingerprint density at radius 3 is 2.35 bits per heavy atom. The van der Waals surface area contributed by atoms with Crippen LogP contribution in [0.3, 0.4) is 0 Å². The predicted molar refractivity (Wildman–Crippen MR) is 60.0 cm³/mol. The molecule has 0 amide bonds. The molecular formula is C9H19F3N2O2S. The Kier molecular flexibility index (Phi) is 7.03. The van der Waals surface area contributed by atoms with Crippen LogP contribution in [0.15, 0.2) is 0 Å². The third kappa shape index (κ3) is 9.37. The van der Waals surface area contributed by atoms with Crippen molar-refractivity contribution >= 4 is 10.0 Å². The van der Waals surface area contributed by atoms with Gasteiger partial charge in [-0.05, 0) is 25.8 Å². The minimum atomic E-state index is -4.31. The van der Waals surface area contributed by atoms with E-state index in [4.69, 9.17) is 5.73 Å². The Labute approximate surface area is 99.8 Å². The van der Waals surface area contributed by atoms with Crippen molar-refractivity contribution in [2.45, 2.75) is 44.8 Å². The van der Waals surface area contributed by atoms with Crippen molar-refractivity contribution in [3.63, 3.8) is 0 Å². The van der Waals surface area contributed by atoms with Gasteiger partial charge in [-0.25, -0.2) is 13.1 Å². The topological polar surface area (TPSA) is 72.2 Å². The zero-order chi connectivity index (χ0) is 13.5. The van der Waals surface area contributed by atoms with Crippen molar-refractivity contribution in [3.8, 4) is 0 Å². The second kappa shape index (κ2) is 7.17. The predicted octanol–water partition coefficient (Wildman–Crippen LogP) is 1.38. The quantitative estimate of drug-likeness (QED) is 0.703. The summed E-state index contributed by atoms with van der Waals surface area (Å²) in [5.41, 5.74) is 5.30. The Morgan fingerprint density at radius 1 is 1.35 bits per heavy atom. The molecule has 0 aromatic carbocycles. The van der Waals surface area contributed by atoms with Crippen LogP contribution in [0.4, 0.5) is 13.2 Å². The van der Waals surface area contributed by atoms with Gasteiger partial charge in [0.05, 0.1) is 5.75 Å². The van der Waals surface area contributed by atoms with E-state index in [1.807, 2.05) is 0 Å². The highest BCUT2D eigenvalue weighted by Crippen LogP contribution is 2.21. The van der Waals surface area contributed by atoms with Crippen LogP contribution in [0.25, 0.3) is 0 Å². The van der Waals surface area contributed by atoms with Crippen molar-refractivity contribution in [2.24, 2.45) is 5.73 Å². The van der Waals surface area contributed by atoms with Gasteiger partial charge in [-0.1, -0.05) is 6.92 Å². The van der Waals surface area contributed by atoms with Crippen molar-refractivity contribution in [2.75, 3.05) is 12.3 Å². The van der Waals surface area contributed by atoms with E-state index < -0.39 is 34.8 Å². The molecule has 0 saturated carbocycles. The first kappa shape index (κ1) is 16.7. The van der Waals surface area contributed by atoms with Gasteiger partial charge in [0, 0.05) is 12.5 Å². The average molecular weight is 276 g/mol. The molecule has 1 unspecified atom stereocenters. The van der Waals surface area contributed by atoms with Crippen molar-refractivity contribution < 1.29 is 21.6 Å². The lowest BCUT2D eigenvalue weighted by Gasteiger charge is -2.16. The molecule has 0 aliphatic heterocycles. The number of sulfonamides is 1. The number of hydrogen-bond donors (Lipinski definition) is 2. The molecule has 0 rings (SSSR count). The van der Waals surface area contributed by atoms with E-state index in [-0.39, 0.29) is 6.04 Å². The van der Waals surface area contributed by atoms with E-state index >= 15 is 0 Å². The minimum absolute atomic E-state index is 0.295. The van der Waals surface area contributed by atoms with Crippen LogP contribution >= 0.6 is 0 Å².